The molecule has 4 heterocycles. The van der Waals surface area contributed by atoms with E-state index in [2.05, 4.69) is 39.4 Å². The van der Waals surface area contributed by atoms with E-state index in [1.54, 1.807) is 7.11 Å². The maximum atomic E-state index is 10.3. The van der Waals surface area contributed by atoms with Crippen molar-refractivity contribution >= 4 is 33.9 Å². The summed E-state index contributed by atoms with van der Waals surface area (Å²) in [7, 11) is 1.61. The minimum atomic E-state index is -0.295. The lowest BCUT2D eigenvalue weighted by Crippen LogP contribution is -2.53. The standard InChI is InChI=1S/C24H26ClN5O2/c1-32-24-27-18-12-29(20-7-3-5-14-4-2-6-17(25)22(14)20)9-8-16(18)23(28-24)30-11-15-10-21(31)19(13-30)26-15/h2-7,15,19,21,26,31H,8-13H2,1H3. The monoisotopic (exact) mass is 451 g/mol. The number of aliphatic hydroxyl groups excluding tert-OH is 1. The lowest BCUT2D eigenvalue weighted by Gasteiger charge is -2.37. The number of fused-ring (bicyclic) bond motifs is 4. The first-order valence-corrected chi connectivity index (χ1v) is 11.5. The van der Waals surface area contributed by atoms with E-state index in [0.717, 1.165) is 65.5 Å². The fraction of sp³-hybridized carbons (Fsp3) is 0.417. The zero-order chi connectivity index (χ0) is 21.8. The van der Waals surface area contributed by atoms with Gasteiger partial charge in [-0.25, -0.2) is 0 Å². The van der Waals surface area contributed by atoms with Gasteiger partial charge in [0.25, 0.3) is 0 Å². The van der Waals surface area contributed by atoms with Gasteiger partial charge in [-0.15, -0.1) is 0 Å². The molecule has 3 unspecified atom stereocenters. The summed E-state index contributed by atoms with van der Waals surface area (Å²) in [6, 6.07) is 13.1. The van der Waals surface area contributed by atoms with E-state index in [1.807, 2.05) is 12.1 Å². The maximum absolute atomic E-state index is 10.3. The molecule has 3 aliphatic rings. The highest BCUT2D eigenvalue weighted by molar-refractivity contribution is 6.36. The van der Waals surface area contributed by atoms with Crippen LogP contribution in [0.1, 0.15) is 17.7 Å². The van der Waals surface area contributed by atoms with Gasteiger partial charge < -0.3 is 25.0 Å². The number of methoxy groups -OCH3 is 1. The molecular weight excluding hydrogens is 426 g/mol. The molecule has 1 aromatic heterocycles. The first kappa shape index (κ1) is 20.0. The van der Waals surface area contributed by atoms with Crippen LogP contribution in [-0.2, 0) is 13.0 Å². The molecule has 3 atom stereocenters. The molecule has 0 saturated carbocycles. The molecule has 0 aliphatic carbocycles. The van der Waals surface area contributed by atoms with Crippen LogP contribution in [0.5, 0.6) is 6.01 Å². The number of hydrogen-bond donors (Lipinski definition) is 2. The Labute approximate surface area is 192 Å². The number of anilines is 2. The molecule has 8 heteroatoms. The van der Waals surface area contributed by atoms with E-state index < -0.39 is 0 Å². The second-order valence-corrected chi connectivity index (χ2v) is 9.33. The number of hydrogen-bond acceptors (Lipinski definition) is 7. The van der Waals surface area contributed by atoms with Gasteiger partial charge >= 0.3 is 6.01 Å². The summed E-state index contributed by atoms with van der Waals surface area (Å²) >= 11 is 6.60. The Kier molecular flexibility index (Phi) is 4.86. The summed E-state index contributed by atoms with van der Waals surface area (Å²) < 4.78 is 5.48. The molecular formula is C24H26ClN5O2. The molecule has 2 aromatic carbocycles. The topological polar surface area (TPSA) is 73.8 Å². The SMILES string of the molecule is COc1nc2c(c(N3CC4CC(O)C(C3)N4)n1)CCN(c1cccc3cccc(Cl)c13)C2. The van der Waals surface area contributed by atoms with Crippen LogP contribution >= 0.6 is 11.6 Å². The van der Waals surface area contributed by atoms with Crippen molar-refractivity contribution in [3.05, 3.63) is 52.7 Å². The van der Waals surface area contributed by atoms with Crippen molar-refractivity contribution in [1.82, 2.24) is 15.3 Å². The molecule has 6 rings (SSSR count). The van der Waals surface area contributed by atoms with Gasteiger partial charge in [0.15, 0.2) is 0 Å². The fourth-order valence-electron chi connectivity index (χ4n) is 5.48. The summed E-state index contributed by atoms with van der Waals surface area (Å²) in [6.45, 7) is 3.12. The smallest absolute Gasteiger partial charge is 0.318 e. The maximum Gasteiger partial charge on any atom is 0.318 e. The molecule has 2 N–H and O–H groups in total. The van der Waals surface area contributed by atoms with Gasteiger partial charge in [-0.05, 0) is 30.4 Å². The van der Waals surface area contributed by atoms with Gasteiger partial charge in [0.1, 0.15) is 5.82 Å². The van der Waals surface area contributed by atoms with Gasteiger partial charge in [0.05, 0.1) is 36.5 Å². The first-order chi connectivity index (χ1) is 15.6. The van der Waals surface area contributed by atoms with Crippen LogP contribution in [-0.4, -0.2) is 60.0 Å². The number of nitrogens with one attached hydrogen (secondary N) is 1. The number of benzene rings is 2. The number of aromatic nitrogens is 2. The largest absolute Gasteiger partial charge is 0.467 e. The Morgan fingerprint density at radius 1 is 1.12 bits per heavy atom. The second-order valence-electron chi connectivity index (χ2n) is 8.92. The average molecular weight is 452 g/mol. The van der Waals surface area contributed by atoms with Crippen molar-refractivity contribution in [2.24, 2.45) is 0 Å². The van der Waals surface area contributed by atoms with Crippen LogP contribution in [0.4, 0.5) is 11.5 Å². The predicted molar refractivity (Wildman–Crippen MR) is 126 cm³/mol. The highest BCUT2D eigenvalue weighted by atomic mass is 35.5. The average Bonchev–Trinajstić information content (AvgIpc) is 3.08. The highest BCUT2D eigenvalue weighted by Gasteiger charge is 2.40. The summed E-state index contributed by atoms with van der Waals surface area (Å²) in [5.41, 5.74) is 3.30. The molecule has 3 aromatic rings. The van der Waals surface area contributed by atoms with E-state index in [1.165, 1.54) is 5.56 Å². The van der Waals surface area contributed by atoms with Crippen molar-refractivity contribution in [2.75, 3.05) is 36.5 Å². The van der Waals surface area contributed by atoms with Crippen LogP contribution in [0.2, 0.25) is 5.02 Å². The Balaban J connectivity index is 1.37. The van der Waals surface area contributed by atoms with Crippen molar-refractivity contribution < 1.29 is 9.84 Å². The molecule has 166 valence electrons. The minimum Gasteiger partial charge on any atom is -0.467 e. The van der Waals surface area contributed by atoms with E-state index in [4.69, 9.17) is 26.3 Å². The van der Waals surface area contributed by atoms with Crippen molar-refractivity contribution in [2.45, 2.75) is 37.6 Å². The third-order valence-electron chi connectivity index (χ3n) is 6.98. The molecule has 2 saturated heterocycles. The molecule has 2 fully saturated rings. The van der Waals surface area contributed by atoms with Crippen LogP contribution in [0.3, 0.4) is 0 Å². The number of halogens is 1. The van der Waals surface area contributed by atoms with E-state index in [9.17, 15) is 5.11 Å². The van der Waals surface area contributed by atoms with Gasteiger partial charge in [-0.3, -0.25) is 0 Å². The third kappa shape index (κ3) is 3.27. The summed E-state index contributed by atoms with van der Waals surface area (Å²) in [6.07, 6.45) is 1.34. The zero-order valence-electron chi connectivity index (χ0n) is 18.0. The molecule has 32 heavy (non-hydrogen) atoms. The minimum absolute atomic E-state index is 0.0864. The Morgan fingerprint density at radius 3 is 2.78 bits per heavy atom. The van der Waals surface area contributed by atoms with Gasteiger partial charge in [-0.2, -0.15) is 9.97 Å². The molecule has 2 bridgehead atoms. The lowest BCUT2D eigenvalue weighted by molar-refractivity contribution is 0.163. The van der Waals surface area contributed by atoms with Gasteiger partial charge in [0, 0.05) is 42.3 Å². The Morgan fingerprint density at radius 2 is 1.97 bits per heavy atom. The molecule has 0 radical (unpaired) electrons. The first-order valence-electron chi connectivity index (χ1n) is 11.2. The number of rotatable bonds is 3. The van der Waals surface area contributed by atoms with Crippen molar-refractivity contribution in [1.29, 1.82) is 0 Å². The molecule has 0 spiro atoms. The van der Waals surface area contributed by atoms with Crippen LogP contribution < -0.4 is 19.9 Å². The normalized spacial score (nSPS) is 24.7. The number of aliphatic hydroxyl groups is 1. The number of piperazine rings is 1. The summed E-state index contributed by atoms with van der Waals surface area (Å²) in [5, 5.41) is 16.8. The molecule has 7 nitrogen and oxygen atoms in total. The Hall–Kier alpha value is -2.61. The van der Waals surface area contributed by atoms with Crippen LogP contribution in [0.25, 0.3) is 10.8 Å². The molecule has 3 aliphatic heterocycles. The van der Waals surface area contributed by atoms with Crippen LogP contribution in [0.15, 0.2) is 36.4 Å². The third-order valence-corrected chi connectivity index (χ3v) is 7.29. The second kappa shape index (κ2) is 7.76. The fourth-order valence-corrected chi connectivity index (χ4v) is 5.76. The quantitative estimate of drug-likeness (QED) is 0.634. The summed E-state index contributed by atoms with van der Waals surface area (Å²) in [5.74, 6) is 0.952. The lowest BCUT2D eigenvalue weighted by atomic mass is 10.0. The van der Waals surface area contributed by atoms with Crippen molar-refractivity contribution in [3.63, 3.8) is 0 Å². The Bertz CT molecular complexity index is 1180. The van der Waals surface area contributed by atoms with Crippen molar-refractivity contribution in [3.8, 4) is 6.01 Å². The number of ether oxygens (including phenoxy) is 1. The van der Waals surface area contributed by atoms with Gasteiger partial charge in [-0.1, -0.05) is 35.9 Å². The van der Waals surface area contributed by atoms with E-state index in [-0.39, 0.29) is 12.1 Å². The number of nitrogens with zero attached hydrogens (tertiary/aromatic N) is 4. The van der Waals surface area contributed by atoms with E-state index >= 15 is 0 Å². The summed E-state index contributed by atoms with van der Waals surface area (Å²) in [4.78, 5) is 14.1. The predicted octanol–water partition coefficient (Wildman–Crippen LogP) is 2.77. The highest BCUT2D eigenvalue weighted by Crippen LogP contribution is 2.37. The van der Waals surface area contributed by atoms with E-state index in [0.29, 0.717) is 18.6 Å². The van der Waals surface area contributed by atoms with Crippen LogP contribution in [0, 0.1) is 0 Å². The zero-order valence-corrected chi connectivity index (χ0v) is 18.7. The van der Waals surface area contributed by atoms with Gasteiger partial charge in [0.2, 0.25) is 0 Å². The molecule has 0 amide bonds.